The minimum atomic E-state index is 0.136. The van der Waals surface area contributed by atoms with Crippen molar-refractivity contribution in [1.29, 1.82) is 0 Å². The van der Waals surface area contributed by atoms with Crippen LogP contribution in [-0.4, -0.2) is 5.78 Å². The molecule has 0 N–H and O–H groups in total. The fourth-order valence-electron chi connectivity index (χ4n) is 4.42. The summed E-state index contributed by atoms with van der Waals surface area (Å²) in [6.07, 6.45) is 0.788. The maximum atomic E-state index is 13.6. The third-order valence-corrected chi connectivity index (χ3v) is 7.96. The second-order valence-electron chi connectivity index (χ2n) is 8.14. The van der Waals surface area contributed by atoms with Gasteiger partial charge in [-0.25, -0.2) is 0 Å². The molecule has 158 valence electrons. The van der Waals surface area contributed by atoms with Gasteiger partial charge >= 0.3 is 0 Å². The Labute approximate surface area is 201 Å². The lowest BCUT2D eigenvalue weighted by atomic mass is 9.82. The van der Waals surface area contributed by atoms with Crippen LogP contribution in [0.15, 0.2) is 129 Å². The van der Waals surface area contributed by atoms with E-state index in [0.29, 0.717) is 0 Å². The average Bonchev–Trinajstić information content (AvgIpc) is 2.85. The molecule has 33 heavy (non-hydrogen) atoms. The van der Waals surface area contributed by atoms with Crippen molar-refractivity contribution in [2.24, 2.45) is 0 Å². The molecule has 1 nitrogen and oxygen atoms in total. The molecule has 0 saturated heterocycles. The monoisotopic (exact) mass is 460 g/mol. The zero-order valence-corrected chi connectivity index (χ0v) is 19.5. The van der Waals surface area contributed by atoms with Gasteiger partial charge in [0.25, 0.3) is 0 Å². The van der Waals surface area contributed by atoms with Crippen LogP contribution in [0.4, 0.5) is 0 Å². The van der Waals surface area contributed by atoms with Gasteiger partial charge in [-0.1, -0.05) is 78.1 Å². The smallest absolute Gasteiger partial charge is 0.194 e. The second kappa shape index (κ2) is 8.58. The molecule has 0 spiro atoms. The summed E-state index contributed by atoms with van der Waals surface area (Å²) in [7, 11) is 0. The van der Waals surface area contributed by atoms with Gasteiger partial charge < -0.3 is 0 Å². The minimum Gasteiger partial charge on any atom is -0.289 e. The third-order valence-electron chi connectivity index (χ3n) is 5.96. The van der Waals surface area contributed by atoms with Crippen LogP contribution in [0.5, 0.6) is 0 Å². The van der Waals surface area contributed by atoms with Crippen LogP contribution in [0, 0.1) is 0 Å². The molecule has 1 aliphatic rings. The van der Waals surface area contributed by atoms with E-state index in [1.54, 1.807) is 23.5 Å². The molecule has 1 aliphatic carbocycles. The van der Waals surface area contributed by atoms with Gasteiger partial charge in [-0.3, -0.25) is 4.79 Å². The predicted octanol–water partition coefficient (Wildman–Crippen LogP) is 8.28. The fraction of sp³-hybridized carbons (Fsp3) is 0.0333. The minimum absolute atomic E-state index is 0.136. The molecule has 3 heteroatoms. The van der Waals surface area contributed by atoms with E-state index < -0.39 is 0 Å². The van der Waals surface area contributed by atoms with E-state index in [1.165, 1.54) is 19.6 Å². The Bertz CT molecular complexity index is 1490. The van der Waals surface area contributed by atoms with Crippen molar-refractivity contribution in [3.63, 3.8) is 0 Å². The number of fused-ring (bicyclic) bond motifs is 4. The van der Waals surface area contributed by atoms with E-state index >= 15 is 0 Å². The summed E-state index contributed by atoms with van der Waals surface area (Å²) in [4.78, 5) is 18.3. The van der Waals surface area contributed by atoms with Crippen LogP contribution in [0.1, 0.15) is 27.0 Å². The zero-order valence-electron chi connectivity index (χ0n) is 17.8. The predicted molar refractivity (Wildman–Crippen MR) is 138 cm³/mol. The van der Waals surface area contributed by atoms with Gasteiger partial charge in [-0.15, -0.1) is 0 Å². The van der Waals surface area contributed by atoms with Crippen LogP contribution >= 0.6 is 23.5 Å². The first-order chi connectivity index (χ1) is 16.2. The normalized spacial score (nSPS) is 12.4. The SMILES string of the molecule is O=C1c2ccc(Sc3ccccc3)cc2Cc2ccc3cc(Sc4ccccc4)ccc3c21. The third kappa shape index (κ3) is 3.99. The number of ketones is 1. The molecule has 0 unspecified atom stereocenters. The van der Waals surface area contributed by atoms with E-state index in [4.69, 9.17) is 0 Å². The quantitative estimate of drug-likeness (QED) is 0.263. The van der Waals surface area contributed by atoms with Gasteiger partial charge in [0.15, 0.2) is 5.78 Å². The summed E-state index contributed by atoms with van der Waals surface area (Å²) in [5.74, 6) is 0.136. The fourth-order valence-corrected chi connectivity index (χ4v) is 6.21. The van der Waals surface area contributed by atoms with Crippen molar-refractivity contribution < 1.29 is 4.79 Å². The van der Waals surface area contributed by atoms with Crippen molar-refractivity contribution in [2.75, 3.05) is 0 Å². The summed E-state index contributed by atoms with van der Waals surface area (Å²) < 4.78 is 0. The van der Waals surface area contributed by atoms with Gasteiger partial charge in [0, 0.05) is 30.7 Å². The van der Waals surface area contributed by atoms with E-state index in [0.717, 1.165) is 39.4 Å². The Morgan fingerprint density at radius 1 is 0.545 bits per heavy atom. The maximum absolute atomic E-state index is 13.6. The van der Waals surface area contributed by atoms with Gasteiger partial charge in [-0.05, 0) is 82.9 Å². The highest BCUT2D eigenvalue weighted by molar-refractivity contribution is 7.99. The summed E-state index contributed by atoms with van der Waals surface area (Å²) in [6.45, 7) is 0. The number of hydrogen-bond donors (Lipinski definition) is 0. The Balaban J connectivity index is 1.34. The lowest BCUT2D eigenvalue weighted by molar-refractivity contribution is 0.103. The molecule has 0 radical (unpaired) electrons. The summed E-state index contributed by atoms with van der Waals surface area (Å²) in [6, 6.07) is 37.7. The molecule has 0 heterocycles. The molecule has 0 saturated carbocycles. The maximum Gasteiger partial charge on any atom is 0.194 e. The summed E-state index contributed by atoms with van der Waals surface area (Å²) >= 11 is 3.48. The highest BCUT2D eigenvalue weighted by atomic mass is 32.2. The zero-order chi connectivity index (χ0) is 22.2. The van der Waals surface area contributed by atoms with Crippen molar-refractivity contribution in [1.82, 2.24) is 0 Å². The van der Waals surface area contributed by atoms with E-state index in [1.807, 2.05) is 18.2 Å². The van der Waals surface area contributed by atoms with E-state index in [-0.39, 0.29) is 5.78 Å². The molecule has 5 aromatic rings. The second-order valence-corrected chi connectivity index (χ2v) is 10.4. The van der Waals surface area contributed by atoms with Gasteiger partial charge in [0.05, 0.1) is 0 Å². The largest absolute Gasteiger partial charge is 0.289 e. The Morgan fingerprint density at radius 3 is 1.88 bits per heavy atom. The summed E-state index contributed by atoms with van der Waals surface area (Å²) in [5.41, 5.74) is 3.92. The number of carbonyl (C=O) groups is 1. The Hall–Kier alpha value is -3.27. The van der Waals surface area contributed by atoms with Crippen LogP contribution in [0.3, 0.4) is 0 Å². The summed E-state index contributed by atoms with van der Waals surface area (Å²) in [5, 5.41) is 2.16. The molecule has 5 aromatic carbocycles. The van der Waals surface area contributed by atoms with Crippen LogP contribution in [0.2, 0.25) is 0 Å². The lowest BCUT2D eigenvalue weighted by Crippen LogP contribution is -2.15. The first-order valence-corrected chi connectivity index (χ1v) is 12.6. The Morgan fingerprint density at radius 2 is 1.18 bits per heavy atom. The van der Waals surface area contributed by atoms with E-state index in [9.17, 15) is 4.79 Å². The Kier molecular flexibility index (Phi) is 5.29. The first kappa shape index (κ1) is 20.3. The van der Waals surface area contributed by atoms with Crippen LogP contribution in [-0.2, 0) is 6.42 Å². The van der Waals surface area contributed by atoms with Crippen molar-refractivity contribution in [3.8, 4) is 0 Å². The molecule has 6 rings (SSSR count). The molecule has 0 atom stereocenters. The van der Waals surface area contributed by atoms with Crippen molar-refractivity contribution in [2.45, 2.75) is 26.0 Å². The molecule has 0 bridgehead atoms. The van der Waals surface area contributed by atoms with E-state index in [2.05, 4.69) is 91.0 Å². The van der Waals surface area contributed by atoms with Gasteiger partial charge in [-0.2, -0.15) is 0 Å². The van der Waals surface area contributed by atoms with Crippen LogP contribution < -0.4 is 0 Å². The molecule has 0 aromatic heterocycles. The lowest BCUT2D eigenvalue weighted by Gasteiger charge is -2.21. The molecule has 0 amide bonds. The highest BCUT2D eigenvalue weighted by Gasteiger charge is 2.25. The van der Waals surface area contributed by atoms with Crippen molar-refractivity contribution >= 4 is 40.1 Å². The number of rotatable bonds is 4. The molecule has 0 aliphatic heterocycles. The van der Waals surface area contributed by atoms with Crippen molar-refractivity contribution in [3.05, 3.63) is 131 Å². The topological polar surface area (TPSA) is 17.1 Å². The number of hydrogen-bond acceptors (Lipinski definition) is 3. The highest BCUT2D eigenvalue weighted by Crippen LogP contribution is 2.37. The van der Waals surface area contributed by atoms with Gasteiger partial charge in [0.2, 0.25) is 0 Å². The molecular weight excluding hydrogens is 440 g/mol. The molecule has 0 fully saturated rings. The average molecular weight is 461 g/mol. The first-order valence-electron chi connectivity index (χ1n) is 10.9. The number of carbonyl (C=O) groups excluding carboxylic acids is 1. The number of benzene rings is 5. The molecular formula is C30H20OS2. The van der Waals surface area contributed by atoms with Crippen LogP contribution in [0.25, 0.3) is 10.8 Å². The standard InChI is InChI=1S/C30H20OS2/c31-30-28-16-14-26(33-24-9-5-2-6-10-24)19-22(28)17-21-12-11-20-18-25(13-15-27(20)29(21)30)32-23-7-3-1-4-8-23/h1-16,18-19H,17H2. The van der Waals surface area contributed by atoms with Gasteiger partial charge in [0.1, 0.15) is 0 Å².